The Morgan fingerprint density at radius 3 is 2.26 bits per heavy atom. The predicted molar refractivity (Wildman–Crippen MR) is 99.4 cm³/mol. The van der Waals surface area contributed by atoms with Crippen LogP contribution in [0.15, 0.2) is 18.2 Å². The zero-order chi connectivity index (χ0) is 17.8. The van der Waals surface area contributed by atoms with Crippen molar-refractivity contribution < 1.29 is 14.3 Å². The maximum Gasteiger partial charge on any atom is 0.192 e. The molecule has 0 aliphatic heterocycles. The number of ether oxygens (including phenoxy) is 1. The lowest BCUT2D eigenvalue weighted by molar-refractivity contribution is 0.147. The second-order valence-corrected chi connectivity index (χ2v) is 13.1. The van der Waals surface area contributed by atoms with Gasteiger partial charge in [0, 0.05) is 5.56 Å². The van der Waals surface area contributed by atoms with Crippen LogP contribution in [-0.2, 0) is 11.0 Å². The molecule has 3 nitrogen and oxygen atoms in total. The third-order valence-corrected chi connectivity index (χ3v) is 9.24. The molecule has 0 bridgehead atoms. The number of hydrogen-bond donors (Lipinski definition) is 1. The molecule has 23 heavy (non-hydrogen) atoms. The quantitative estimate of drug-likeness (QED) is 0.686. The Labute approximate surface area is 143 Å². The fourth-order valence-electron chi connectivity index (χ4n) is 2.17. The first-order chi connectivity index (χ1) is 10.5. The third kappa shape index (κ3) is 5.62. The minimum Gasteiger partial charge on any atom is -0.496 e. The molecular formula is C19H34O3Si. The molecular weight excluding hydrogens is 304 g/mol. The predicted octanol–water partition coefficient (Wildman–Crippen LogP) is 5.30. The molecule has 0 aromatic heterocycles. The van der Waals surface area contributed by atoms with E-state index >= 15 is 0 Å². The lowest BCUT2D eigenvalue weighted by Crippen LogP contribution is -2.40. The molecule has 1 atom stereocenters. The minimum atomic E-state index is -1.76. The monoisotopic (exact) mass is 338 g/mol. The standard InChI is InChI=1S/C19H34O3Si/c1-14(2)11-17(20)16-10-9-15(12-18(16)21-6)13-22-23(7,8)19(3,4)5/h9-10,12,14,17,20H,11,13H2,1-8H3. The Bertz CT molecular complexity index is 504. The molecule has 4 heteroatoms. The highest BCUT2D eigenvalue weighted by atomic mass is 28.4. The molecule has 0 saturated heterocycles. The Hall–Kier alpha value is -0.843. The summed E-state index contributed by atoms with van der Waals surface area (Å²) >= 11 is 0. The number of methoxy groups -OCH3 is 1. The van der Waals surface area contributed by atoms with E-state index in [0.29, 0.717) is 12.5 Å². The number of rotatable bonds is 7. The Balaban J connectivity index is 2.88. The molecule has 0 radical (unpaired) electrons. The molecule has 132 valence electrons. The zero-order valence-electron chi connectivity index (χ0n) is 16.1. The maximum atomic E-state index is 10.4. The number of aliphatic hydroxyl groups excluding tert-OH is 1. The van der Waals surface area contributed by atoms with Gasteiger partial charge in [-0.1, -0.05) is 46.8 Å². The minimum absolute atomic E-state index is 0.199. The highest BCUT2D eigenvalue weighted by molar-refractivity contribution is 6.74. The molecule has 1 aromatic carbocycles. The van der Waals surface area contributed by atoms with Crippen LogP contribution in [0.3, 0.4) is 0 Å². The van der Waals surface area contributed by atoms with Gasteiger partial charge in [-0.25, -0.2) is 0 Å². The third-order valence-electron chi connectivity index (χ3n) is 4.76. The van der Waals surface area contributed by atoms with Gasteiger partial charge < -0.3 is 14.3 Å². The van der Waals surface area contributed by atoms with Crippen molar-refractivity contribution in [1.82, 2.24) is 0 Å². The van der Waals surface area contributed by atoms with Crippen LogP contribution in [0.1, 0.15) is 58.3 Å². The van der Waals surface area contributed by atoms with Gasteiger partial charge in [-0.3, -0.25) is 0 Å². The van der Waals surface area contributed by atoms with Gasteiger partial charge in [0.1, 0.15) is 5.75 Å². The fourth-order valence-corrected chi connectivity index (χ4v) is 3.13. The summed E-state index contributed by atoms with van der Waals surface area (Å²) < 4.78 is 11.7. The van der Waals surface area contributed by atoms with Gasteiger partial charge in [0.05, 0.1) is 19.8 Å². The van der Waals surface area contributed by atoms with Crippen molar-refractivity contribution in [2.45, 2.75) is 71.9 Å². The van der Waals surface area contributed by atoms with Crippen molar-refractivity contribution in [3.05, 3.63) is 29.3 Å². The highest BCUT2D eigenvalue weighted by Gasteiger charge is 2.37. The van der Waals surface area contributed by atoms with E-state index in [2.05, 4.69) is 47.7 Å². The van der Waals surface area contributed by atoms with E-state index in [1.165, 1.54) is 0 Å². The van der Waals surface area contributed by atoms with Crippen molar-refractivity contribution in [1.29, 1.82) is 0 Å². The van der Waals surface area contributed by atoms with Crippen LogP contribution >= 0.6 is 0 Å². The zero-order valence-corrected chi connectivity index (χ0v) is 17.1. The average molecular weight is 339 g/mol. The van der Waals surface area contributed by atoms with E-state index in [1.54, 1.807) is 7.11 Å². The lowest BCUT2D eigenvalue weighted by Gasteiger charge is -2.36. The largest absolute Gasteiger partial charge is 0.496 e. The summed E-state index contributed by atoms with van der Waals surface area (Å²) in [7, 11) is -0.110. The normalized spacial score (nSPS) is 14.2. The first-order valence-electron chi connectivity index (χ1n) is 8.46. The summed E-state index contributed by atoms with van der Waals surface area (Å²) in [5.74, 6) is 1.19. The van der Waals surface area contributed by atoms with E-state index in [1.807, 2.05) is 18.2 Å². The first kappa shape index (κ1) is 20.2. The SMILES string of the molecule is COc1cc(CO[Si](C)(C)C(C)(C)C)ccc1C(O)CC(C)C. The number of benzene rings is 1. The summed E-state index contributed by atoms with van der Waals surface area (Å²) in [6.07, 6.45) is 0.246. The van der Waals surface area contributed by atoms with Gasteiger partial charge in [-0.05, 0) is 42.1 Å². The number of aliphatic hydroxyl groups is 1. The molecule has 0 amide bonds. The van der Waals surface area contributed by atoms with Crippen molar-refractivity contribution in [2.75, 3.05) is 7.11 Å². The summed E-state index contributed by atoms with van der Waals surface area (Å²) in [4.78, 5) is 0. The molecule has 0 fully saturated rings. The molecule has 0 heterocycles. The summed E-state index contributed by atoms with van der Waals surface area (Å²) in [6.45, 7) is 16.0. The van der Waals surface area contributed by atoms with Crippen LogP contribution in [0.5, 0.6) is 5.75 Å². The van der Waals surface area contributed by atoms with Gasteiger partial charge in [-0.2, -0.15) is 0 Å². The van der Waals surface area contributed by atoms with Crippen molar-refractivity contribution in [2.24, 2.45) is 5.92 Å². The van der Waals surface area contributed by atoms with Crippen LogP contribution in [0.4, 0.5) is 0 Å². The smallest absolute Gasteiger partial charge is 0.192 e. The lowest BCUT2D eigenvalue weighted by atomic mass is 9.98. The summed E-state index contributed by atoms with van der Waals surface area (Å²) in [5, 5.41) is 10.6. The second kappa shape index (κ2) is 7.82. The topological polar surface area (TPSA) is 38.7 Å². The Kier molecular flexibility index (Phi) is 6.87. The summed E-state index contributed by atoms with van der Waals surface area (Å²) in [5.41, 5.74) is 1.95. The van der Waals surface area contributed by atoms with Crippen molar-refractivity contribution in [3.8, 4) is 5.75 Å². The molecule has 0 aliphatic carbocycles. The first-order valence-corrected chi connectivity index (χ1v) is 11.4. The molecule has 1 aromatic rings. The second-order valence-electron chi connectivity index (χ2n) is 8.27. The van der Waals surface area contributed by atoms with Gasteiger partial charge in [-0.15, -0.1) is 0 Å². The highest BCUT2D eigenvalue weighted by Crippen LogP contribution is 2.37. The van der Waals surface area contributed by atoms with E-state index in [0.717, 1.165) is 23.3 Å². The molecule has 1 rings (SSSR count). The van der Waals surface area contributed by atoms with Crippen LogP contribution in [0.2, 0.25) is 18.1 Å². The Morgan fingerprint density at radius 1 is 1.17 bits per heavy atom. The van der Waals surface area contributed by atoms with Gasteiger partial charge in [0.15, 0.2) is 8.32 Å². The van der Waals surface area contributed by atoms with Gasteiger partial charge in [0.2, 0.25) is 0 Å². The van der Waals surface area contributed by atoms with Crippen LogP contribution < -0.4 is 4.74 Å². The van der Waals surface area contributed by atoms with Crippen LogP contribution in [0, 0.1) is 5.92 Å². The summed E-state index contributed by atoms with van der Waals surface area (Å²) in [6, 6.07) is 6.00. The average Bonchev–Trinajstić information content (AvgIpc) is 2.42. The van der Waals surface area contributed by atoms with Crippen molar-refractivity contribution >= 4 is 8.32 Å². The van der Waals surface area contributed by atoms with Gasteiger partial charge in [0.25, 0.3) is 0 Å². The van der Waals surface area contributed by atoms with Crippen LogP contribution in [0.25, 0.3) is 0 Å². The molecule has 1 unspecified atom stereocenters. The van der Waals surface area contributed by atoms with Crippen molar-refractivity contribution in [3.63, 3.8) is 0 Å². The van der Waals surface area contributed by atoms with E-state index in [-0.39, 0.29) is 5.04 Å². The van der Waals surface area contributed by atoms with E-state index < -0.39 is 14.4 Å². The molecule has 0 spiro atoms. The Morgan fingerprint density at radius 2 is 1.78 bits per heavy atom. The van der Waals surface area contributed by atoms with Crippen LogP contribution in [-0.4, -0.2) is 20.5 Å². The number of hydrogen-bond acceptors (Lipinski definition) is 3. The van der Waals surface area contributed by atoms with Gasteiger partial charge >= 0.3 is 0 Å². The molecule has 0 aliphatic rings. The maximum absolute atomic E-state index is 10.4. The van der Waals surface area contributed by atoms with E-state index in [9.17, 15) is 5.11 Å². The molecule has 1 N–H and O–H groups in total. The molecule has 0 saturated carbocycles. The fraction of sp³-hybridized carbons (Fsp3) is 0.684. The van der Waals surface area contributed by atoms with E-state index in [4.69, 9.17) is 9.16 Å².